The second-order valence-corrected chi connectivity index (χ2v) is 2.37. The van der Waals surface area contributed by atoms with Gasteiger partial charge < -0.3 is 4.74 Å². The van der Waals surface area contributed by atoms with Gasteiger partial charge in [-0.25, -0.2) is 0 Å². The SMILES string of the molecule is C=CCOc1[c]c(Cl)ccc1. The van der Waals surface area contributed by atoms with Gasteiger partial charge in [-0.05, 0) is 12.1 Å². The van der Waals surface area contributed by atoms with Gasteiger partial charge in [-0.2, -0.15) is 0 Å². The zero-order chi connectivity index (χ0) is 8.10. The highest BCUT2D eigenvalue weighted by Gasteiger charge is 1.92. The molecule has 0 heterocycles. The third kappa shape index (κ3) is 2.64. The van der Waals surface area contributed by atoms with E-state index in [4.69, 9.17) is 16.3 Å². The predicted octanol–water partition coefficient (Wildman–Crippen LogP) is 2.70. The summed E-state index contributed by atoms with van der Waals surface area (Å²) in [5.41, 5.74) is 0. The van der Waals surface area contributed by atoms with Crippen molar-refractivity contribution in [3.8, 4) is 5.75 Å². The summed E-state index contributed by atoms with van der Waals surface area (Å²) in [6.45, 7) is 4.01. The molecule has 1 rings (SSSR count). The maximum atomic E-state index is 5.66. The highest BCUT2D eigenvalue weighted by atomic mass is 35.5. The maximum Gasteiger partial charge on any atom is 0.129 e. The van der Waals surface area contributed by atoms with Crippen molar-refractivity contribution in [2.45, 2.75) is 0 Å². The molecule has 0 atom stereocenters. The lowest BCUT2D eigenvalue weighted by Crippen LogP contribution is -1.91. The number of benzene rings is 1. The van der Waals surface area contributed by atoms with Crippen molar-refractivity contribution in [2.24, 2.45) is 0 Å². The van der Waals surface area contributed by atoms with Crippen LogP contribution in [0.25, 0.3) is 0 Å². The number of hydrogen-bond donors (Lipinski definition) is 0. The molecule has 0 N–H and O–H groups in total. The van der Waals surface area contributed by atoms with Crippen LogP contribution in [0.3, 0.4) is 0 Å². The Balaban J connectivity index is 2.63. The van der Waals surface area contributed by atoms with Gasteiger partial charge in [0.2, 0.25) is 0 Å². The van der Waals surface area contributed by atoms with Crippen LogP contribution in [0.2, 0.25) is 5.02 Å². The lowest BCUT2D eigenvalue weighted by molar-refractivity contribution is 0.362. The Morgan fingerprint density at radius 2 is 2.45 bits per heavy atom. The minimum atomic E-state index is 0.483. The molecule has 0 aliphatic rings. The molecule has 1 aromatic rings. The second-order valence-electron chi connectivity index (χ2n) is 1.96. The largest absolute Gasteiger partial charge is 0.489 e. The van der Waals surface area contributed by atoms with E-state index in [1.54, 1.807) is 18.2 Å². The predicted molar refractivity (Wildman–Crippen MR) is 46.0 cm³/mol. The minimum Gasteiger partial charge on any atom is -0.489 e. The van der Waals surface area contributed by atoms with E-state index < -0.39 is 0 Å². The minimum absolute atomic E-state index is 0.483. The topological polar surface area (TPSA) is 9.23 Å². The molecule has 0 unspecified atom stereocenters. The average molecular weight is 168 g/mol. The van der Waals surface area contributed by atoms with Gasteiger partial charge in [-0.15, -0.1) is 0 Å². The molecule has 0 saturated carbocycles. The number of rotatable bonds is 3. The summed E-state index contributed by atoms with van der Waals surface area (Å²) >= 11 is 5.66. The summed E-state index contributed by atoms with van der Waals surface area (Å²) in [5, 5.41) is 0.562. The zero-order valence-electron chi connectivity index (χ0n) is 6.01. The first-order valence-corrected chi connectivity index (χ1v) is 3.62. The van der Waals surface area contributed by atoms with Crippen LogP contribution in [0.1, 0.15) is 0 Å². The van der Waals surface area contributed by atoms with Crippen LogP contribution in [0.5, 0.6) is 5.75 Å². The van der Waals surface area contributed by atoms with Crippen LogP contribution in [0.15, 0.2) is 30.9 Å². The summed E-state index contributed by atoms with van der Waals surface area (Å²) < 4.78 is 5.18. The van der Waals surface area contributed by atoms with E-state index in [0.717, 1.165) is 0 Å². The lowest BCUT2D eigenvalue weighted by atomic mass is 10.3. The fourth-order valence-electron chi connectivity index (χ4n) is 0.654. The van der Waals surface area contributed by atoms with Gasteiger partial charge in [0.05, 0.1) is 5.02 Å². The van der Waals surface area contributed by atoms with Crippen LogP contribution in [0, 0.1) is 6.07 Å². The smallest absolute Gasteiger partial charge is 0.129 e. The Labute approximate surface area is 71.3 Å². The van der Waals surface area contributed by atoms with E-state index in [1.165, 1.54) is 0 Å². The van der Waals surface area contributed by atoms with Gasteiger partial charge in [0.1, 0.15) is 12.4 Å². The number of hydrogen-bond acceptors (Lipinski definition) is 1. The van der Waals surface area contributed by atoms with Crippen LogP contribution >= 0.6 is 11.6 Å². The molecule has 0 spiro atoms. The van der Waals surface area contributed by atoms with Crippen molar-refractivity contribution in [3.05, 3.63) is 41.9 Å². The fourth-order valence-corrected chi connectivity index (χ4v) is 0.820. The van der Waals surface area contributed by atoms with Crippen LogP contribution in [-0.4, -0.2) is 6.61 Å². The first-order chi connectivity index (χ1) is 5.33. The van der Waals surface area contributed by atoms with Crippen molar-refractivity contribution in [2.75, 3.05) is 6.61 Å². The van der Waals surface area contributed by atoms with Crippen molar-refractivity contribution in [1.82, 2.24) is 0 Å². The molecule has 0 aliphatic carbocycles. The van der Waals surface area contributed by atoms with E-state index in [2.05, 4.69) is 12.6 Å². The van der Waals surface area contributed by atoms with Crippen molar-refractivity contribution >= 4 is 11.6 Å². The summed E-state index contributed by atoms with van der Waals surface area (Å²) in [6, 6.07) is 8.21. The molecular weight excluding hydrogens is 160 g/mol. The molecule has 1 nitrogen and oxygen atoms in total. The average Bonchev–Trinajstić information content (AvgIpc) is 2.01. The van der Waals surface area contributed by atoms with E-state index in [1.807, 2.05) is 6.07 Å². The Morgan fingerprint density at radius 3 is 3.09 bits per heavy atom. The maximum absolute atomic E-state index is 5.66. The van der Waals surface area contributed by atoms with Gasteiger partial charge >= 0.3 is 0 Å². The first-order valence-electron chi connectivity index (χ1n) is 3.24. The van der Waals surface area contributed by atoms with Gasteiger partial charge in [0.15, 0.2) is 0 Å². The van der Waals surface area contributed by atoms with Crippen LogP contribution in [0.4, 0.5) is 0 Å². The lowest BCUT2D eigenvalue weighted by Gasteiger charge is -2.00. The van der Waals surface area contributed by atoms with Crippen molar-refractivity contribution in [1.29, 1.82) is 0 Å². The number of ether oxygens (including phenoxy) is 1. The van der Waals surface area contributed by atoms with Crippen LogP contribution < -0.4 is 4.74 Å². The Bertz CT molecular complexity index is 245. The Kier molecular flexibility index (Phi) is 2.99. The Hall–Kier alpha value is -0.950. The second kappa shape index (κ2) is 4.04. The quantitative estimate of drug-likeness (QED) is 0.629. The van der Waals surface area contributed by atoms with E-state index >= 15 is 0 Å². The highest BCUT2D eigenvalue weighted by molar-refractivity contribution is 6.30. The van der Waals surface area contributed by atoms with E-state index in [-0.39, 0.29) is 0 Å². The third-order valence-electron chi connectivity index (χ3n) is 1.09. The van der Waals surface area contributed by atoms with Gasteiger partial charge in [0, 0.05) is 6.07 Å². The molecule has 0 bridgehead atoms. The first kappa shape index (κ1) is 8.15. The third-order valence-corrected chi connectivity index (χ3v) is 1.31. The zero-order valence-corrected chi connectivity index (χ0v) is 6.77. The standard InChI is InChI=1S/C9H8ClO/c1-2-6-11-9-5-3-4-8(10)7-9/h2-5H,1,6H2. The molecule has 0 aliphatic heterocycles. The summed E-state index contributed by atoms with van der Waals surface area (Å²) in [5.74, 6) is 0.650. The molecule has 0 fully saturated rings. The van der Waals surface area contributed by atoms with Crippen molar-refractivity contribution in [3.63, 3.8) is 0 Å². The van der Waals surface area contributed by atoms with Crippen molar-refractivity contribution < 1.29 is 4.74 Å². The summed E-state index contributed by atoms with van der Waals surface area (Å²) in [7, 11) is 0. The van der Waals surface area contributed by atoms with Crippen LogP contribution in [-0.2, 0) is 0 Å². The molecule has 11 heavy (non-hydrogen) atoms. The van der Waals surface area contributed by atoms with Gasteiger partial charge in [-0.1, -0.05) is 30.3 Å². The molecular formula is C9H8ClO. The normalized spacial score (nSPS) is 9.18. The Morgan fingerprint density at radius 1 is 1.64 bits per heavy atom. The molecule has 1 aromatic carbocycles. The van der Waals surface area contributed by atoms with Gasteiger partial charge in [-0.3, -0.25) is 0 Å². The molecule has 1 radical (unpaired) electrons. The summed E-state index contributed by atoms with van der Waals surface area (Å²) in [4.78, 5) is 0. The monoisotopic (exact) mass is 167 g/mol. The molecule has 0 amide bonds. The summed E-state index contributed by atoms with van der Waals surface area (Å²) in [6.07, 6.45) is 1.68. The highest BCUT2D eigenvalue weighted by Crippen LogP contribution is 2.15. The molecule has 0 aromatic heterocycles. The van der Waals surface area contributed by atoms with Gasteiger partial charge in [0.25, 0.3) is 0 Å². The fraction of sp³-hybridized carbons (Fsp3) is 0.111. The molecule has 2 heteroatoms. The molecule has 0 saturated heterocycles. The molecule has 57 valence electrons. The number of halogens is 1. The van der Waals surface area contributed by atoms with E-state index in [9.17, 15) is 0 Å². The van der Waals surface area contributed by atoms with E-state index in [0.29, 0.717) is 17.4 Å².